The first-order chi connectivity index (χ1) is 11.0. The fourth-order valence-electron chi connectivity index (χ4n) is 2.46. The number of benzene rings is 2. The highest BCUT2D eigenvalue weighted by molar-refractivity contribution is 7.23. The molecule has 1 unspecified atom stereocenters. The van der Waals surface area contributed by atoms with Gasteiger partial charge in [0.1, 0.15) is 12.4 Å². The molecule has 0 aliphatic heterocycles. The van der Waals surface area contributed by atoms with E-state index in [1.165, 1.54) is 22.8 Å². The fourth-order valence-corrected chi connectivity index (χ4v) is 3.32. The molecule has 1 atom stereocenters. The van der Waals surface area contributed by atoms with E-state index < -0.39 is 10.9 Å². The fraction of sp³-hybridized carbons (Fsp3) is 0.167. The second-order valence-corrected chi connectivity index (χ2v) is 6.51. The Hall–Kier alpha value is -2.37. The van der Waals surface area contributed by atoms with Crippen molar-refractivity contribution in [2.75, 3.05) is 0 Å². The molecule has 1 N–H and O–H groups in total. The number of aromatic hydroxyl groups is 1. The molecule has 0 saturated carbocycles. The summed E-state index contributed by atoms with van der Waals surface area (Å²) in [5.41, 5.74) is 4.37. The molecule has 0 fully saturated rings. The van der Waals surface area contributed by atoms with Crippen LogP contribution in [0.15, 0.2) is 48.5 Å². The monoisotopic (exact) mass is 327 g/mol. The standard InChI is InChI=1S/C18H17NO3S/c1-12-4-3-5-13(2)16(12)11-22-15-8-6-14(7-9-15)17-10-18(20)19-23(17)21/h3-10H,11H2,1-2H3,(H,19,20). The Balaban J connectivity index is 1.74. The van der Waals surface area contributed by atoms with Crippen molar-refractivity contribution in [3.63, 3.8) is 0 Å². The zero-order chi connectivity index (χ0) is 16.4. The number of aromatic nitrogens is 1. The van der Waals surface area contributed by atoms with Crippen molar-refractivity contribution in [2.45, 2.75) is 20.5 Å². The summed E-state index contributed by atoms with van der Waals surface area (Å²) in [6.07, 6.45) is 0. The van der Waals surface area contributed by atoms with E-state index in [4.69, 9.17) is 4.74 Å². The summed E-state index contributed by atoms with van der Waals surface area (Å²) >= 11 is 0. The molecule has 0 saturated heterocycles. The number of nitrogens with zero attached hydrogens (tertiary/aromatic N) is 1. The smallest absolute Gasteiger partial charge is 0.270 e. The summed E-state index contributed by atoms with van der Waals surface area (Å²) in [4.78, 5) is 0.504. The van der Waals surface area contributed by atoms with E-state index in [-0.39, 0.29) is 5.88 Å². The first-order valence-corrected chi connectivity index (χ1v) is 8.35. The maximum absolute atomic E-state index is 11.7. The minimum Gasteiger partial charge on any atom is -0.568 e. The van der Waals surface area contributed by atoms with Gasteiger partial charge < -0.3 is 14.4 Å². The summed E-state index contributed by atoms with van der Waals surface area (Å²) in [5.74, 6) is 0.541. The average Bonchev–Trinajstić information content (AvgIpc) is 2.86. The number of hydrogen-bond acceptors (Lipinski definition) is 4. The summed E-state index contributed by atoms with van der Waals surface area (Å²) in [5, 5.41) is 9.30. The van der Waals surface area contributed by atoms with E-state index in [1.807, 2.05) is 30.3 Å². The molecule has 1 heterocycles. The maximum Gasteiger partial charge on any atom is 0.270 e. The Morgan fingerprint density at radius 2 is 1.74 bits per heavy atom. The molecule has 0 radical (unpaired) electrons. The summed E-state index contributed by atoms with van der Waals surface area (Å²) < 4.78 is 21.2. The van der Waals surface area contributed by atoms with Crippen LogP contribution in [0.5, 0.6) is 11.6 Å². The van der Waals surface area contributed by atoms with Gasteiger partial charge in [-0.25, -0.2) is 0 Å². The van der Waals surface area contributed by atoms with Gasteiger partial charge in [0.05, 0.1) is 17.0 Å². The first-order valence-electron chi connectivity index (χ1n) is 7.24. The Kier molecular flexibility index (Phi) is 4.32. The lowest BCUT2D eigenvalue weighted by Crippen LogP contribution is -2.00. The van der Waals surface area contributed by atoms with Gasteiger partial charge in [-0.1, -0.05) is 18.2 Å². The molecule has 4 nitrogen and oxygen atoms in total. The molecular formula is C18H17NO3S. The lowest BCUT2D eigenvalue weighted by Gasteiger charge is -2.11. The molecule has 0 aliphatic rings. The third-order valence-corrected chi connectivity index (χ3v) is 4.87. The van der Waals surface area contributed by atoms with E-state index in [1.54, 1.807) is 0 Å². The highest BCUT2D eigenvalue weighted by Crippen LogP contribution is 2.34. The number of aryl methyl sites for hydroxylation is 2. The summed E-state index contributed by atoms with van der Waals surface area (Å²) in [7, 11) is -1.53. The lowest BCUT2D eigenvalue weighted by molar-refractivity contribution is 0.304. The Morgan fingerprint density at radius 1 is 1.09 bits per heavy atom. The van der Waals surface area contributed by atoms with Crippen LogP contribution in [-0.2, 0) is 6.61 Å². The van der Waals surface area contributed by atoms with Crippen molar-refractivity contribution in [1.82, 2.24) is 4.37 Å². The van der Waals surface area contributed by atoms with Crippen LogP contribution in [0, 0.1) is 13.8 Å². The van der Waals surface area contributed by atoms with E-state index >= 15 is 0 Å². The second-order valence-electron chi connectivity index (χ2n) is 5.39. The van der Waals surface area contributed by atoms with Crippen LogP contribution >= 0.6 is 10.9 Å². The zero-order valence-electron chi connectivity index (χ0n) is 12.9. The van der Waals surface area contributed by atoms with Gasteiger partial charge in [-0.3, -0.25) is 0 Å². The molecule has 3 rings (SSSR count). The van der Waals surface area contributed by atoms with Crippen molar-refractivity contribution >= 4 is 10.9 Å². The Labute approximate surface area is 138 Å². The molecule has 0 aliphatic carbocycles. The third kappa shape index (κ3) is 3.36. The predicted molar refractivity (Wildman–Crippen MR) is 90.2 cm³/mol. The van der Waals surface area contributed by atoms with Gasteiger partial charge >= 0.3 is 0 Å². The van der Waals surface area contributed by atoms with Crippen molar-refractivity contribution in [2.24, 2.45) is 0 Å². The first kappa shape index (κ1) is 15.5. The van der Waals surface area contributed by atoms with Crippen LogP contribution in [0.25, 0.3) is 10.4 Å². The van der Waals surface area contributed by atoms with Crippen LogP contribution in [0.3, 0.4) is 0 Å². The highest BCUT2D eigenvalue weighted by Gasteiger charge is 2.14. The Bertz CT molecular complexity index is 805. The molecule has 1 aromatic heterocycles. The van der Waals surface area contributed by atoms with E-state index in [0.717, 1.165) is 11.3 Å². The average molecular weight is 327 g/mol. The minimum atomic E-state index is -1.53. The highest BCUT2D eigenvalue weighted by atomic mass is 32.2. The van der Waals surface area contributed by atoms with Crippen LogP contribution in [0.1, 0.15) is 16.7 Å². The largest absolute Gasteiger partial charge is 0.568 e. The normalized spacial score (nSPS) is 11.5. The van der Waals surface area contributed by atoms with Gasteiger partial charge in [0.15, 0.2) is 0 Å². The summed E-state index contributed by atoms with van der Waals surface area (Å²) in [6, 6.07) is 14.9. The van der Waals surface area contributed by atoms with Crippen LogP contribution in [0.4, 0.5) is 0 Å². The quantitative estimate of drug-likeness (QED) is 0.722. The number of ether oxygens (including phenoxy) is 1. The van der Waals surface area contributed by atoms with Crippen LogP contribution in [0.2, 0.25) is 0 Å². The van der Waals surface area contributed by atoms with Crippen molar-refractivity contribution in [1.29, 1.82) is 0 Å². The molecule has 0 spiro atoms. The molecule has 23 heavy (non-hydrogen) atoms. The molecule has 118 valence electrons. The van der Waals surface area contributed by atoms with E-state index in [2.05, 4.69) is 30.4 Å². The molecule has 5 heteroatoms. The van der Waals surface area contributed by atoms with Gasteiger partial charge in [-0.05, 0) is 54.8 Å². The molecule has 0 bridgehead atoms. The third-order valence-electron chi connectivity index (χ3n) is 3.79. The van der Waals surface area contributed by atoms with Gasteiger partial charge in [0.2, 0.25) is 4.88 Å². The lowest BCUT2D eigenvalue weighted by atomic mass is 10.0. The van der Waals surface area contributed by atoms with Gasteiger partial charge in [0.25, 0.3) is 5.88 Å². The van der Waals surface area contributed by atoms with Crippen LogP contribution < -0.4 is 4.74 Å². The maximum atomic E-state index is 11.7. The SMILES string of the molecule is Cc1cccc(C)c1COc1ccc(-c2cc(O)n[s+]2[O-])cc1. The molecule has 3 aromatic rings. The number of rotatable bonds is 4. The topological polar surface area (TPSA) is 65.4 Å². The Morgan fingerprint density at radius 3 is 2.30 bits per heavy atom. The minimum absolute atomic E-state index is 0.200. The molecule has 0 amide bonds. The summed E-state index contributed by atoms with van der Waals surface area (Å²) in [6.45, 7) is 4.66. The molecular weight excluding hydrogens is 310 g/mol. The van der Waals surface area contributed by atoms with Gasteiger partial charge in [0, 0.05) is 9.94 Å². The van der Waals surface area contributed by atoms with Gasteiger partial charge in [-0.15, -0.1) is 0 Å². The van der Waals surface area contributed by atoms with Crippen LogP contribution in [-0.4, -0.2) is 14.0 Å². The van der Waals surface area contributed by atoms with Crippen molar-refractivity contribution < 1.29 is 14.4 Å². The van der Waals surface area contributed by atoms with Crippen molar-refractivity contribution in [3.8, 4) is 22.1 Å². The van der Waals surface area contributed by atoms with E-state index in [0.29, 0.717) is 11.5 Å². The van der Waals surface area contributed by atoms with Gasteiger partial charge in [-0.2, -0.15) is 0 Å². The van der Waals surface area contributed by atoms with E-state index in [9.17, 15) is 9.66 Å². The number of hydrogen-bond donors (Lipinski definition) is 1. The zero-order valence-corrected chi connectivity index (χ0v) is 13.8. The van der Waals surface area contributed by atoms with Crippen molar-refractivity contribution in [3.05, 3.63) is 65.2 Å². The molecule has 2 aromatic carbocycles. The second kappa shape index (κ2) is 6.40. The predicted octanol–water partition coefficient (Wildman–Crippen LogP) is 4.38.